The topological polar surface area (TPSA) is 76.0 Å². The van der Waals surface area contributed by atoms with E-state index in [1.54, 1.807) is 7.11 Å². The number of ether oxygens (including phenoxy) is 1. The Morgan fingerprint density at radius 3 is 2.71 bits per heavy atom. The maximum atomic E-state index is 11.9. The Hall–Kier alpha value is -1.25. The van der Waals surface area contributed by atoms with Gasteiger partial charge in [0.2, 0.25) is 0 Å². The maximum Gasteiger partial charge on any atom is 0.262 e. The molecule has 130 valence electrons. The quantitative estimate of drug-likeness (QED) is 0.728. The summed E-state index contributed by atoms with van der Waals surface area (Å²) in [6.07, 6.45) is 0. The molecule has 0 aromatic heterocycles. The zero-order valence-corrected chi connectivity index (χ0v) is 15.4. The zero-order valence-electron chi connectivity index (χ0n) is 13.0. The molecule has 2 atom stereocenters. The number of nitrogens with zero attached hydrogens (tertiary/aromatic N) is 2. The number of carbonyl (C=O) groups is 1. The third-order valence-corrected chi connectivity index (χ3v) is 7.50. The lowest BCUT2D eigenvalue weighted by Gasteiger charge is -2.24. The van der Waals surface area contributed by atoms with Crippen LogP contribution in [0.2, 0.25) is 0 Å². The third-order valence-electron chi connectivity index (χ3n) is 4.02. The first-order chi connectivity index (χ1) is 11.4. The van der Waals surface area contributed by atoms with Crippen molar-refractivity contribution < 1.29 is 17.9 Å². The van der Waals surface area contributed by atoms with Crippen molar-refractivity contribution >= 4 is 44.3 Å². The number of fused-ring (bicyclic) bond motifs is 1. The number of alkyl halides is 1. The van der Waals surface area contributed by atoms with Gasteiger partial charge in [-0.3, -0.25) is 4.79 Å². The number of hydrogen-bond donors (Lipinski definition) is 0. The smallest absolute Gasteiger partial charge is 0.262 e. The standard InChI is InChI=1S/C15H17ClN2O4S2/c1-22-11-4-2-10(3-5-11)7-18-12-8-24(20,21)9-13(12)23-15(18)17-14(19)6-16/h2-5,12-13H,6-9H2,1H3/t12-,13+/m0/s1. The second-order valence-corrected chi connectivity index (χ2v) is 9.33. The van der Waals surface area contributed by atoms with Gasteiger partial charge in [0.15, 0.2) is 15.0 Å². The van der Waals surface area contributed by atoms with Crippen LogP contribution in [0.25, 0.3) is 0 Å². The highest BCUT2D eigenvalue weighted by Gasteiger charge is 2.48. The normalized spacial score (nSPS) is 26.6. The van der Waals surface area contributed by atoms with E-state index in [0.29, 0.717) is 11.7 Å². The number of amides is 1. The van der Waals surface area contributed by atoms with Crippen molar-refractivity contribution in [2.75, 3.05) is 24.5 Å². The molecule has 3 rings (SSSR count). The van der Waals surface area contributed by atoms with E-state index in [2.05, 4.69) is 4.99 Å². The van der Waals surface area contributed by atoms with Crippen molar-refractivity contribution in [2.45, 2.75) is 17.8 Å². The van der Waals surface area contributed by atoms with E-state index in [9.17, 15) is 13.2 Å². The Balaban J connectivity index is 1.86. The molecule has 0 spiro atoms. The molecule has 2 aliphatic heterocycles. The van der Waals surface area contributed by atoms with Crippen molar-refractivity contribution in [3.8, 4) is 5.75 Å². The summed E-state index contributed by atoms with van der Waals surface area (Å²) in [5.74, 6) is 0.363. The largest absolute Gasteiger partial charge is 0.497 e. The van der Waals surface area contributed by atoms with Crippen LogP contribution in [0.1, 0.15) is 5.56 Å². The molecule has 1 aromatic carbocycles. The molecule has 2 heterocycles. The predicted octanol–water partition coefficient (Wildman–Crippen LogP) is 1.53. The molecule has 24 heavy (non-hydrogen) atoms. The van der Waals surface area contributed by atoms with Crippen LogP contribution in [0.5, 0.6) is 5.75 Å². The van der Waals surface area contributed by atoms with Crippen molar-refractivity contribution in [3.63, 3.8) is 0 Å². The van der Waals surface area contributed by atoms with Gasteiger partial charge in [-0.25, -0.2) is 8.42 Å². The number of carbonyl (C=O) groups excluding carboxylic acids is 1. The predicted molar refractivity (Wildman–Crippen MR) is 95.5 cm³/mol. The van der Waals surface area contributed by atoms with E-state index in [4.69, 9.17) is 16.3 Å². The molecule has 0 radical (unpaired) electrons. The molecule has 2 aliphatic rings. The first-order valence-corrected chi connectivity index (χ1v) is 10.6. The Bertz CT molecular complexity index is 764. The van der Waals surface area contributed by atoms with Gasteiger partial charge in [0, 0.05) is 11.8 Å². The van der Waals surface area contributed by atoms with Crippen molar-refractivity contribution in [1.82, 2.24) is 4.90 Å². The van der Waals surface area contributed by atoms with Crippen LogP contribution in [0, 0.1) is 0 Å². The van der Waals surface area contributed by atoms with E-state index in [-0.39, 0.29) is 28.7 Å². The minimum atomic E-state index is -3.05. The van der Waals surface area contributed by atoms with Gasteiger partial charge in [0.05, 0.1) is 24.7 Å². The van der Waals surface area contributed by atoms with E-state index in [1.165, 1.54) is 11.8 Å². The van der Waals surface area contributed by atoms with Crippen LogP contribution < -0.4 is 4.74 Å². The van der Waals surface area contributed by atoms with E-state index in [1.807, 2.05) is 29.2 Å². The summed E-state index contributed by atoms with van der Waals surface area (Å²) in [4.78, 5) is 17.6. The van der Waals surface area contributed by atoms with Gasteiger partial charge >= 0.3 is 0 Å². The lowest BCUT2D eigenvalue weighted by molar-refractivity contribution is -0.115. The molecular formula is C15H17ClN2O4S2. The second kappa shape index (κ2) is 6.93. The van der Waals surface area contributed by atoms with Gasteiger partial charge in [-0.05, 0) is 17.7 Å². The summed E-state index contributed by atoms with van der Waals surface area (Å²) in [6, 6.07) is 7.37. The molecule has 0 N–H and O–H groups in total. The fraction of sp³-hybridized carbons (Fsp3) is 0.467. The van der Waals surface area contributed by atoms with Crippen molar-refractivity contribution in [2.24, 2.45) is 4.99 Å². The fourth-order valence-electron chi connectivity index (χ4n) is 2.88. The highest BCUT2D eigenvalue weighted by molar-refractivity contribution is 8.15. The van der Waals surface area contributed by atoms with Gasteiger partial charge in [0.1, 0.15) is 11.6 Å². The molecule has 6 nitrogen and oxygen atoms in total. The molecule has 2 saturated heterocycles. The number of halogens is 1. The summed E-state index contributed by atoms with van der Waals surface area (Å²) >= 11 is 6.90. The van der Waals surface area contributed by atoms with Crippen molar-refractivity contribution in [1.29, 1.82) is 0 Å². The summed E-state index contributed by atoms with van der Waals surface area (Å²) in [5, 5.41) is 0.469. The number of amidine groups is 1. The number of hydrogen-bond acceptors (Lipinski definition) is 5. The Kier molecular flexibility index (Phi) is 5.08. The number of aliphatic imine (C=N–C) groups is 1. The number of methoxy groups -OCH3 is 1. The second-order valence-electron chi connectivity index (χ2n) is 5.70. The summed E-state index contributed by atoms with van der Waals surface area (Å²) in [6.45, 7) is 0.488. The van der Waals surface area contributed by atoms with Gasteiger partial charge in [-0.15, -0.1) is 11.6 Å². The Morgan fingerprint density at radius 2 is 2.08 bits per heavy atom. The molecule has 2 fully saturated rings. The molecule has 1 amide bonds. The van der Waals surface area contributed by atoms with Gasteiger partial charge in [-0.1, -0.05) is 23.9 Å². The summed E-state index contributed by atoms with van der Waals surface area (Å²) < 4.78 is 29.0. The van der Waals surface area contributed by atoms with Crippen LogP contribution in [-0.2, 0) is 21.2 Å². The molecule has 0 saturated carbocycles. The molecule has 1 aromatic rings. The number of thioether (sulfide) groups is 1. The SMILES string of the molecule is COc1ccc(CN2C(=NC(=O)CCl)S[C@@H]3CS(=O)(=O)C[C@@H]32)cc1. The first kappa shape index (κ1) is 17.6. The van der Waals surface area contributed by atoms with Gasteiger partial charge in [0.25, 0.3) is 5.91 Å². The molecule has 9 heteroatoms. The van der Waals surface area contributed by atoms with Crippen LogP contribution in [0.3, 0.4) is 0 Å². The molecule has 0 aliphatic carbocycles. The Labute approximate surface area is 150 Å². The number of benzene rings is 1. The number of rotatable bonds is 4. The molecule has 0 bridgehead atoms. The van der Waals surface area contributed by atoms with Crippen LogP contribution in [0.4, 0.5) is 0 Å². The average Bonchev–Trinajstić information content (AvgIpc) is 3.01. The minimum absolute atomic E-state index is 0.0878. The highest BCUT2D eigenvalue weighted by atomic mass is 35.5. The van der Waals surface area contributed by atoms with Gasteiger partial charge < -0.3 is 9.64 Å². The lowest BCUT2D eigenvalue weighted by atomic mass is 10.1. The number of sulfone groups is 1. The monoisotopic (exact) mass is 388 g/mol. The van der Waals surface area contributed by atoms with Crippen LogP contribution >= 0.6 is 23.4 Å². The van der Waals surface area contributed by atoms with E-state index >= 15 is 0 Å². The van der Waals surface area contributed by atoms with Gasteiger partial charge in [-0.2, -0.15) is 4.99 Å². The van der Waals surface area contributed by atoms with Crippen LogP contribution in [0.15, 0.2) is 29.3 Å². The van der Waals surface area contributed by atoms with Crippen LogP contribution in [-0.4, -0.2) is 60.2 Å². The lowest BCUT2D eigenvalue weighted by Crippen LogP contribution is -2.37. The minimum Gasteiger partial charge on any atom is -0.497 e. The maximum absolute atomic E-state index is 11.9. The van der Waals surface area contributed by atoms with E-state index < -0.39 is 15.7 Å². The third kappa shape index (κ3) is 3.70. The molecular weight excluding hydrogens is 372 g/mol. The zero-order chi connectivity index (χ0) is 17.3. The molecule has 0 unspecified atom stereocenters. The van der Waals surface area contributed by atoms with E-state index in [0.717, 1.165) is 11.3 Å². The van der Waals surface area contributed by atoms with Crippen molar-refractivity contribution in [3.05, 3.63) is 29.8 Å². The Morgan fingerprint density at radius 1 is 1.38 bits per heavy atom. The highest BCUT2D eigenvalue weighted by Crippen LogP contribution is 2.39. The fourth-order valence-corrected chi connectivity index (χ4v) is 6.91. The average molecular weight is 389 g/mol. The summed E-state index contributed by atoms with van der Waals surface area (Å²) in [7, 11) is -1.45. The summed E-state index contributed by atoms with van der Waals surface area (Å²) in [5.41, 5.74) is 0.993. The first-order valence-electron chi connectivity index (χ1n) is 7.36.